The molecule has 0 spiro atoms. The minimum atomic E-state index is 0.666. The van der Waals surface area contributed by atoms with Crippen LogP contribution in [0.2, 0.25) is 0 Å². The molecule has 2 saturated heterocycles. The second kappa shape index (κ2) is 9.13. The highest BCUT2D eigenvalue weighted by atomic mass is 32.1. The zero-order valence-electron chi connectivity index (χ0n) is 17.4. The Morgan fingerprint density at radius 1 is 0.839 bits per heavy atom. The summed E-state index contributed by atoms with van der Waals surface area (Å²) in [6.45, 7) is 7.29. The summed E-state index contributed by atoms with van der Waals surface area (Å²) in [7, 11) is 0. The van der Waals surface area contributed by atoms with E-state index < -0.39 is 0 Å². The summed E-state index contributed by atoms with van der Waals surface area (Å²) >= 11 is 5.88. The first-order valence-corrected chi connectivity index (χ1v) is 11.0. The number of benzene rings is 1. The predicted molar refractivity (Wildman–Crippen MR) is 121 cm³/mol. The number of morpholine rings is 1. The van der Waals surface area contributed by atoms with Crippen molar-refractivity contribution >= 4 is 24.1 Å². The Morgan fingerprint density at radius 2 is 1.55 bits per heavy atom. The quantitative estimate of drug-likeness (QED) is 0.559. The van der Waals surface area contributed by atoms with E-state index in [0.29, 0.717) is 24.7 Å². The molecule has 10 heteroatoms. The van der Waals surface area contributed by atoms with E-state index in [-0.39, 0.29) is 0 Å². The third-order valence-electron chi connectivity index (χ3n) is 5.67. The molecule has 2 fully saturated rings. The Bertz CT molecular complexity index is 1040. The lowest BCUT2D eigenvalue weighted by Crippen LogP contribution is -2.47. The number of rotatable bonds is 5. The third kappa shape index (κ3) is 4.32. The van der Waals surface area contributed by atoms with Gasteiger partial charge < -0.3 is 14.5 Å². The highest BCUT2D eigenvalue weighted by Crippen LogP contribution is 2.21. The first kappa shape index (κ1) is 20.1. The Labute approximate surface area is 186 Å². The standard InChI is InChI=1S/C21H26N8OS/c31-21-28(17-25-9-11-26(12-10-25)19-22-7-4-8-23-19)24-20(27-13-15-30-16-14-27)29(21)18-5-2-1-3-6-18/h1-8H,9-17H2. The maximum Gasteiger partial charge on any atom is 0.230 e. The fourth-order valence-corrected chi connectivity index (χ4v) is 4.28. The van der Waals surface area contributed by atoms with E-state index in [1.807, 2.05) is 28.9 Å². The van der Waals surface area contributed by atoms with Gasteiger partial charge in [-0.05, 0) is 30.4 Å². The van der Waals surface area contributed by atoms with Gasteiger partial charge in [0.25, 0.3) is 0 Å². The SMILES string of the molecule is S=c1n(CN2CCN(c3ncccn3)CC2)nc(N2CCOCC2)n1-c1ccccc1. The number of ether oxygens (including phenoxy) is 1. The minimum absolute atomic E-state index is 0.666. The number of aromatic nitrogens is 5. The van der Waals surface area contributed by atoms with Crippen LogP contribution in [0.15, 0.2) is 48.8 Å². The van der Waals surface area contributed by atoms with Crippen molar-refractivity contribution in [2.75, 3.05) is 62.3 Å². The van der Waals surface area contributed by atoms with Gasteiger partial charge in [0.1, 0.15) is 0 Å². The Balaban J connectivity index is 1.36. The fraction of sp³-hybridized carbons (Fsp3) is 0.429. The molecule has 0 saturated carbocycles. The molecule has 31 heavy (non-hydrogen) atoms. The normalized spacial score (nSPS) is 17.8. The van der Waals surface area contributed by atoms with Gasteiger partial charge in [0.05, 0.1) is 25.6 Å². The Morgan fingerprint density at radius 3 is 2.26 bits per heavy atom. The molecule has 0 aliphatic carbocycles. The van der Waals surface area contributed by atoms with Crippen LogP contribution in [0.1, 0.15) is 0 Å². The van der Waals surface area contributed by atoms with Gasteiger partial charge in [-0.3, -0.25) is 9.47 Å². The van der Waals surface area contributed by atoms with E-state index in [4.69, 9.17) is 22.1 Å². The first-order valence-electron chi connectivity index (χ1n) is 10.6. The summed E-state index contributed by atoms with van der Waals surface area (Å²) in [5.41, 5.74) is 1.03. The molecule has 162 valence electrons. The van der Waals surface area contributed by atoms with Gasteiger partial charge in [-0.25, -0.2) is 14.6 Å². The number of anilines is 2. The van der Waals surface area contributed by atoms with Crippen molar-refractivity contribution in [3.63, 3.8) is 0 Å². The molecule has 4 heterocycles. The second-order valence-corrected chi connectivity index (χ2v) is 8.01. The lowest BCUT2D eigenvalue weighted by Gasteiger charge is -2.34. The molecular formula is C21H26N8OS. The summed E-state index contributed by atoms with van der Waals surface area (Å²) in [5.74, 6) is 1.68. The third-order valence-corrected chi connectivity index (χ3v) is 6.07. The molecule has 3 aromatic rings. The summed E-state index contributed by atoms with van der Waals surface area (Å²) in [6.07, 6.45) is 3.58. The molecular weight excluding hydrogens is 412 g/mol. The fourth-order valence-electron chi connectivity index (χ4n) is 3.99. The van der Waals surface area contributed by atoms with Gasteiger partial charge >= 0.3 is 0 Å². The van der Waals surface area contributed by atoms with E-state index in [0.717, 1.165) is 56.9 Å². The van der Waals surface area contributed by atoms with Crippen LogP contribution in [0.4, 0.5) is 11.9 Å². The molecule has 0 unspecified atom stereocenters. The maximum atomic E-state index is 5.88. The monoisotopic (exact) mass is 438 g/mol. The Kier molecular flexibility index (Phi) is 5.92. The summed E-state index contributed by atoms with van der Waals surface area (Å²) in [6, 6.07) is 12.1. The molecule has 0 bridgehead atoms. The van der Waals surface area contributed by atoms with Crippen molar-refractivity contribution in [2.24, 2.45) is 0 Å². The second-order valence-electron chi connectivity index (χ2n) is 7.65. The zero-order chi connectivity index (χ0) is 21.0. The molecule has 0 N–H and O–H groups in total. The highest BCUT2D eigenvalue weighted by molar-refractivity contribution is 7.71. The van der Waals surface area contributed by atoms with Crippen LogP contribution < -0.4 is 9.80 Å². The van der Waals surface area contributed by atoms with Crippen LogP contribution in [0.5, 0.6) is 0 Å². The maximum absolute atomic E-state index is 5.88. The van der Waals surface area contributed by atoms with Gasteiger partial charge in [0.2, 0.25) is 16.7 Å². The number of para-hydroxylation sites is 1. The minimum Gasteiger partial charge on any atom is -0.378 e. The summed E-state index contributed by atoms with van der Waals surface area (Å²) in [4.78, 5) is 15.6. The number of piperazine rings is 1. The van der Waals surface area contributed by atoms with Crippen LogP contribution in [-0.2, 0) is 11.4 Å². The van der Waals surface area contributed by atoms with Gasteiger partial charge in [0.15, 0.2) is 0 Å². The average Bonchev–Trinajstić information content (AvgIpc) is 3.17. The molecule has 0 amide bonds. The van der Waals surface area contributed by atoms with E-state index in [1.54, 1.807) is 12.4 Å². The van der Waals surface area contributed by atoms with E-state index in [1.165, 1.54) is 0 Å². The van der Waals surface area contributed by atoms with Crippen molar-refractivity contribution in [3.8, 4) is 5.69 Å². The van der Waals surface area contributed by atoms with Crippen LogP contribution >= 0.6 is 12.2 Å². The van der Waals surface area contributed by atoms with Crippen LogP contribution in [-0.4, -0.2) is 81.7 Å². The molecule has 0 radical (unpaired) electrons. The van der Waals surface area contributed by atoms with Crippen molar-refractivity contribution in [2.45, 2.75) is 6.67 Å². The summed E-state index contributed by atoms with van der Waals surface area (Å²) in [5, 5.41) is 4.95. The molecule has 2 aliphatic heterocycles. The predicted octanol–water partition coefficient (Wildman–Crippen LogP) is 1.81. The lowest BCUT2D eigenvalue weighted by atomic mass is 10.3. The van der Waals surface area contributed by atoms with Gasteiger partial charge in [-0.2, -0.15) is 0 Å². The summed E-state index contributed by atoms with van der Waals surface area (Å²) < 4.78 is 10.3. The number of nitrogens with zero attached hydrogens (tertiary/aromatic N) is 8. The molecule has 5 rings (SSSR count). The van der Waals surface area contributed by atoms with Crippen molar-refractivity contribution in [1.29, 1.82) is 0 Å². The topological polar surface area (TPSA) is 67.5 Å². The van der Waals surface area contributed by atoms with E-state index in [2.05, 4.69) is 41.4 Å². The first-order chi connectivity index (χ1) is 15.3. The van der Waals surface area contributed by atoms with Crippen molar-refractivity contribution in [3.05, 3.63) is 53.6 Å². The van der Waals surface area contributed by atoms with Crippen molar-refractivity contribution in [1.82, 2.24) is 29.2 Å². The molecule has 2 aromatic heterocycles. The average molecular weight is 439 g/mol. The molecule has 1 aromatic carbocycles. The number of hydrogen-bond donors (Lipinski definition) is 0. The molecule has 2 aliphatic rings. The van der Waals surface area contributed by atoms with E-state index in [9.17, 15) is 0 Å². The van der Waals surface area contributed by atoms with Crippen LogP contribution in [0, 0.1) is 4.77 Å². The highest BCUT2D eigenvalue weighted by Gasteiger charge is 2.23. The zero-order valence-corrected chi connectivity index (χ0v) is 18.2. The van der Waals surface area contributed by atoms with Crippen LogP contribution in [0.25, 0.3) is 5.69 Å². The largest absolute Gasteiger partial charge is 0.378 e. The van der Waals surface area contributed by atoms with Gasteiger partial charge in [-0.15, -0.1) is 5.10 Å². The van der Waals surface area contributed by atoms with E-state index >= 15 is 0 Å². The van der Waals surface area contributed by atoms with Gasteiger partial charge in [-0.1, -0.05) is 18.2 Å². The van der Waals surface area contributed by atoms with Crippen LogP contribution in [0.3, 0.4) is 0 Å². The Hall–Kier alpha value is -2.82. The van der Waals surface area contributed by atoms with Crippen molar-refractivity contribution < 1.29 is 4.74 Å². The molecule has 9 nitrogen and oxygen atoms in total. The molecule has 0 atom stereocenters. The van der Waals surface area contributed by atoms with Gasteiger partial charge in [0, 0.05) is 51.7 Å². The smallest absolute Gasteiger partial charge is 0.230 e. The lowest BCUT2D eigenvalue weighted by molar-refractivity contribution is 0.121. The number of hydrogen-bond acceptors (Lipinski definition) is 8.